The molecule has 1 aromatic heterocycles. The second-order valence-electron chi connectivity index (χ2n) is 2.78. The average molecular weight is 184 g/mol. The van der Waals surface area contributed by atoms with E-state index in [1.807, 2.05) is 11.8 Å². The summed E-state index contributed by atoms with van der Waals surface area (Å²) in [7, 11) is 2.07. The molecule has 0 fully saturated rings. The van der Waals surface area contributed by atoms with E-state index in [2.05, 4.69) is 41.5 Å². The molecular weight excluding hydrogens is 168 g/mol. The Labute approximate surface area is 78.3 Å². The van der Waals surface area contributed by atoms with Crippen LogP contribution >= 0.6 is 11.8 Å². The molecule has 0 aromatic carbocycles. The largest absolute Gasteiger partial charge is 0.353 e. The maximum Gasteiger partial charge on any atom is 0.0359 e. The third-order valence-corrected chi connectivity index (χ3v) is 2.45. The monoisotopic (exact) mass is 184 g/mol. The lowest BCUT2D eigenvalue weighted by Gasteiger charge is -2.04. The molecule has 0 unspecified atom stereocenters. The highest BCUT2D eigenvalue weighted by molar-refractivity contribution is 7.98. The van der Waals surface area contributed by atoms with Gasteiger partial charge in [-0.1, -0.05) is 0 Å². The SMILES string of the molecule is CSCCNCc1cccn1C. The van der Waals surface area contributed by atoms with Crippen LogP contribution in [0.5, 0.6) is 0 Å². The van der Waals surface area contributed by atoms with Crippen molar-refractivity contribution in [3.8, 4) is 0 Å². The van der Waals surface area contributed by atoms with Gasteiger partial charge in [-0.15, -0.1) is 0 Å². The predicted octanol–water partition coefficient (Wildman–Crippen LogP) is 1.48. The van der Waals surface area contributed by atoms with Crippen LogP contribution in [0, 0.1) is 0 Å². The van der Waals surface area contributed by atoms with Crippen LogP contribution < -0.4 is 5.32 Å². The smallest absolute Gasteiger partial charge is 0.0359 e. The minimum atomic E-state index is 0.976. The summed E-state index contributed by atoms with van der Waals surface area (Å²) in [5.74, 6) is 1.18. The van der Waals surface area contributed by atoms with Gasteiger partial charge in [0.15, 0.2) is 0 Å². The summed E-state index contributed by atoms with van der Waals surface area (Å²) < 4.78 is 2.14. The van der Waals surface area contributed by atoms with Crippen LogP contribution in [0.2, 0.25) is 0 Å². The number of aromatic nitrogens is 1. The molecule has 3 heteroatoms. The van der Waals surface area contributed by atoms with Crippen LogP contribution in [0.15, 0.2) is 18.3 Å². The highest BCUT2D eigenvalue weighted by atomic mass is 32.2. The van der Waals surface area contributed by atoms with E-state index >= 15 is 0 Å². The summed E-state index contributed by atoms with van der Waals surface area (Å²) in [4.78, 5) is 0. The highest BCUT2D eigenvalue weighted by Crippen LogP contribution is 1.98. The van der Waals surface area contributed by atoms with E-state index in [9.17, 15) is 0 Å². The molecule has 2 nitrogen and oxygen atoms in total. The first-order chi connectivity index (χ1) is 5.84. The van der Waals surface area contributed by atoms with Crippen LogP contribution in [0.1, 0.15) is 5.69 Å². The van der Waals surface area contributed by atoms with Crippen molar-refractivity contribution in [3.05, 3.63) is 24.0 Å². The fourth-order valence-electron chi connectivity index (χ4n) is 1.07. The molecule has 1 N–H and O–H groups in total. The normalized spacial score (nSPS) is 10.5. The number of hydrogen-bond acceptors (Lipinski definition) is 2. The topological polar surface area (TPSA) is 17.0 Å². The van der Waals surface area contributed by atoms with E-state index in [4.69, 9.17) is 0 Å². The second kappa shape index (κ2) is 5.27. The molecule has 0 aliphatic carbocycles. The summed E-state index contributed by atoms with van der Waals surface area (Å²) in [5.41, 5.74) is 1.34. The van der Waals surface area contributed by atoms with Crippen LogP contribution in [0.4, 0.5) is 0 Å². The number of hydrogen-bond donors (Lipinski definition) is 1. The zero-order valence-electron chi connectivity index (χ0n) is 7.71. The number of aryl methyl sites for hydroxylation is 1. The molecule has 12 heavy (non-hydrogen) atoms. The second-order valence-corrected chi connectivity index (χ2v) is 3.77. The predicted molar refractivity (Wildman–Crippen MR) is 55.5 cm³/mol. The number of nitrogens with one attached hydrogen (secondary N) is 1. The molecule has 0 saturated carbocycles. The Hall–Kier alpha value is -0.410. The standard InChI is InChI=1S/C9H16N2S/c1-11-6-3-4-9(11)8-10-5-7-12-2/h3-4,6,10H,5,7-8H2,1-2H3. The molecule has 1 rings (SSSR count). The van der Waals surface area contributed by atoms with Gasteiger partial charge < -0.3 is 9.88 Å². The van der Waals surface area contributed by atoms with Crippen molar-refractivity contribution in [2.24, 2.45) is 7.05 Å². The highest BCUT2D eigenvalue weighted by Gasteiger charge is 1.94. The Bertz CT molecular complexity index is 220. The van der Waals surface area contributed by atoms with Crippen molar-refractivity contribution < 1.29 is 0 Å². The Morgan fingerprint density at radius 1 is 1.58 bits per heavy atom. The summed E-state index contributed by atoms with van der Waals surface area (Å²) in [5, 5.41) is 3.39. The maximum atomic E-state index is 3.39. The van der Waals surface area contributed by atoms with Gasteiger partial charge in [-0.2, -0.15) is 11.8 Å². The van der Waals surface area contributed by atoms with Gasteiger partial charge in [-0.05, 0) is 18.4 Å². The summed E-state index contributed by atoms with van der Waals surface area (Å²) in [6.45, 7) is 2.07. The molecule has 0 spiro atoms. The lowest BCUT2D eigenvalue weighted by Crippen LogP contribution is -2.17. The molecular formula is C9H16N2S. The van der Waals surface area contributed by atoms with Crippen LogP contribution in [0.3, 0.4) is 0 Å². The molecule has 0 radical (unpaired) electrons. The Morgan fingerprint density at radius 3 is 3.00 bits per heavy atom. The fourth-order valence-corrected chi connectivity index (χ4v) is 1.42. The third kappa shape index (κ3) is 2.91. The van der Waals surface area contributed by atoms with Crippen molar-refractivity contribution >= 4 is 11.8 Å². The first kappa shape index (κ1) is 9.68. The number of thioether (sulfide) groups is 1. The van der Waals surface area contributed by atoms with Gasteiger partial charge in [0.1, 0.15) is 0 Å². The first-order valence-electron chi connectivity index (χ1n) is 4.14. The minimum Gasteiger partial charge on any atom is -0.353 e. The van der Waals surface area contributed by atoms with Crippen molar-refractivity contribution in [3.63, 3.8) is 0 Å². The molecule has 1 aromatic rings. The van der Waals surface area contributed by atoms with Crippen molar-refractivity contribution in [1.82, 2.24) is 9.88 Å². The van der Waals surface area contributed by atoms with Crippen LogP contribution in [0.25, 0.3) is 0 Å². The van der Waals surface area contributed by atoms with Gasteiger partial charge in [0, 0.05) is 37.8 Å². The summed E-state index contributed by atoms with van der Waals surface area (Å²) >= 11 is 1.87. The van der Waals surface area contributed by atoms with E-state index in [1.165, 1.54) is 11.4 Å². The first-order valence-corrected chi connectivity index (χ1v) is 5.54. The molecule has 0 saturated heterocycles. The molecule has 68 valence electrons. The lowest BCUT2D eigenvalue weighted by atomic mass is 10.4. The van der Waals surface area contributed by atoms with E-state index in [-0.39, 0.29) is 0 Å². The maximum absolute atomic E-state index is 3.39. The van der Waals surface area contributed by atoms with E-state index in [1.54, 1.807) is 0 Å². The van der Waals surface area contributed by atoms with E-state index < -0.39 is 0 Å². The number of nitrogens with zero attached hydrogens (tertiary/aromatic N) is 1. The zero-order valence-corrected chi connectivity index (χ0v) is 8.53. The third-order valence-electron chi connectivity index (χ3n) is 1.84. The Morgan fingerprint density at radius 2 is 2.42 bits per heavy atom. The van der Waals surface area contributed by atoms with Crippen molar-refractivity contribution in [1.29, 1.82) is 0 Å². The minimum absolute atomic E-state index is 0.976. The van der Waals surface area contributed by atoms with E-state index in [0.717, 1.165) is 13.1 Å². The molecule has 0 bridgehead atoms. The van der Waals surface area contributed by atoms with Gasteiger partial charge in [0.05, 0.1) is 0 Å². The summed E-state index contributed by atoms with van der Waals surface area (Å²) in [6.07, 6.45) is 4.20. The summed E-state index contributed by atoms with van der Waals surface area (Å²) in [6, 6.07) is 4.22. The molecule has 0 aliphatic rings. The van der Waals surface area contributed by atoms with Crippen molar-refractivity contribution in [2.75, 3.05) is 18.6 Å². The molecule has 1 heterocycles. The van der Waals surface area contributed by atoms with Crippen LogP contribution in [-0.4, -0.2) is 23.1 Å². The fraction of sp³-hybridized carbons (Fsp3) is 0.556. The Balaban J connectivity index is 2.20. The van der Waals surface area contributed by atoms with Crippen molar-refractivity contribution in [2.45, 2.75) is 6.54 Å². The van der Waals surface area contributed by atoms with Gasteiger partial charge in [-0.3, -0.25) is 0 Å². The van der Waals surface area contributed by atoms with Gasteiger partial charge in [-0.25, -0.2) is 0 Å². The lowest BCUT2D eigenvalue weighted by molar-refractivity contribution is 0.684. The number of rotatable bonds is 5. The van der Waals surface area contributed by atoms with Gasteiger partial charge >= 0.3 is 0 Å². The zero-order chi connectivity index (χ0) is 8.81. The van der Waals surface area contributed by atoms with E-state index in [0.29, 0.717) is 0 Å². The van der Waals surface area contributed by atoms with Gasteiger partial charge in [0.2, 0.25) is 0 Å². The molecule has 0 aliphatic heterocycles. The molecule has 0 amide bonds. The Kier molecular flexibility index (Phi) is 4.25. The van der Waals surface area contributed by atoms with Gasteiger partial charge in [0.25, 0.3) is 0 Å². The molecule has 0 atom stereocenters. The average Bonchev–Trinajstić information content (AvgIpc) is 2.46. The quantitative estimate of drug-likeness (QED) is 0.698. The van der Waals surface area contributed by atoms with Crippen LogP contribution in [-0.2, 0) is 13.6 Å².